The summed E-state index contributed by atoms with van der Waals surface area (Å²) in [5.74, 6) is 0. The zero-order valence-corrected chi connectivity index (χ0v) is 14.9. The number of aliphatic hydroxyl groups is 1. The minimum atomic E-state index is -0.557. The first-order valence-corrected chi connectivity index (χ1v) is 9.04. The average molecular weight is 340 g/mol. The third-order valence-electron chi connectivity index (χ3n) is 4.93. The van der Waals surface area contributed by atoms with Gasteiger partial charge in [0.05, 0.1) is 25.4 Å². The topological polar surface area (TPSA) is 35.9 Å². The molecule has 2 atom stereocenters. The van der Waals surface area contributed by atoms with Crippen molar-refractivity contribution in [2.24, 2.45) is 0 Å². The maximum atomic E-state index is 11.1. The fraction of sp³-hybridized carbons (Fsp3) is 0.429. The summed E-state index contributed by atoms with van der Waals surface area (Å²) >= 11 is 0. The lowest BCUT2D eigenvalue weighted by Crippen LogP contribution is -2.42. The maximum absolute atomic E-state index is 11.1. The Hall–Kier alpha value is -1.72. The van der Waals surface area contributed by atoms with E-state index < -0.39 is 6.10 Å². The van der Waals surface area contributed by atoms with E-state index in [0.29, 0.717) is 0 Å². The molecule has 4 heteroatoms. The highest BCUT2D eigenvalue weighted by molar-refractivity contribution is 5.26. The standard InChI is InChI=1S/C21H28N2O2/c1-22(12-13-23-14-16-25-17-15-23)20(18-8-4-2-5-9-18)21(24)19-10-6-3-7-11-19/h2-11,20-21,24H,12-17H2,1H3/t20-,21+/m0/s1. The van der Waals surface area contributed by atoms with Crippen LogP contribution in [0.2, 0.25) is 0 Å². The number of rotatable bonds is 7. The summed E-state index contributed by atoms with van der Waals surface area (Å²) in [7, 11) is 2.10. The summed E-state index contributed by atoms with van der Waals surface area (Å²) in [4.78, 5) is 4.69. The van der Waals surface area contributed by atoms with Crippen LogP contribution in [-0.4, -0.2) is 61.3 Å². The number of ether oxygens (including phenoxy) is 1. The highest BCUT2D eigenvalue weighted by Crippen LogP contribution is 2.33. The first-order valence-electron chi connectivity index (χ1n) is 9.04. The van der Waals surface area contributed by atoms with E-state index in [2.05, 4.69) is 29.0 Å². The fourth-order valence-corrected chi connectivity index (χ4v) is 3.42. The van der Waals surface area contributed by atoms with Gasteiger partial charge in [0.1, 0.15) is 0 Å². The van der Waals surface area contributed by atoms with E-state index in [1.54, 1.807) is 0 Å². The molecule has 25 heavy (non-hydrogen) atoms. The van der Waals surface area contributed by atoms with E-state index in [0.717, 1.165) is 50.5 Å². The SMILES string of the molecule is CN(CCN1CCOCC1)[C@@H](c1ccccc1)[C@H](O)c1ccccc1. The molecule has 1 fully saturated rings. The van der Waals surface area contributed by atoms with E-state index in [1.165, 1.54) is 0 Å². The highest BCUT2D eigenvalue weighted by atomic mass is 16.5. The predicted octanol–water partition coefficient (Wildman–Crippen LogP) is 2.73. The third kappa shape index (κ3) is 4.89. The minimum Gasteiger partial charge on any atom is -0.386 e. The van der Waals surface area contributed by atoms with Gasteiger partial charge in [-0.15, -0.1) is 0 Å². The van der Waals surface area contributed by atoms with Gasteiger partial charge in [-0.25, -0.2) is 0 Å². The van der Waals surface area contributed by atoms with Crippen LogP contribution in [0.25, 0.3) is 0 Å². The van der Waals surface area contributed by atoms with Crippen molar-refractivity contribution in [1.29, 1.82) is 0 Å². The molecule has 0 radical (unpaired) electrons. The molecule has 2 aromatic carbocycles. The van der Waals surface area contributed by atoms with Gasteiger partial charge < -0.3 is 9.84 Å². The van der Waals surface area contributed by atoms with Crippen molar-refractivity contribution in [2.75, 3.05) is 46.4 Å². The lowest BCUT2D eigenvalue weighted by atomic mass is 9.94. The monoisotopic (exact) mass is 340 g/mol. The Kier molecular flexibility index (Phi) is 6.59. The Bertz CT molecular complexity index is 614. The van der Waals surface area contributed by atoms with Gasteiger partial charge >= 0.3 is 0 Å². The van der Waals surface area contributed by atoms with Crippen molar-refractivity contribution in [1.82, 2.24) is 9.80 Å². The molecule has 0 spiro atoms. The molecule has 3 rings (SSSR count). The zero-order chi connectivity index (χ0) is 17.5. The normalized spacial score (nSPS) is 18.2. The molecule has 0 aromatic heterocycles. The molecule has 0 unspecified atom stereocenters. The number of likely N-dealkylation sites (N-methyl/N-ethyl adjacent to an activating group) is 1. The average Bonchev–Trinajstić information content (AvgIpc) is 2.69. The molecule has 4 nitrogen and oxygen atoms in total. The van der Waals surface area contributed by atoms with E-state index in [4.69, 9.17) is 4.74 Å². The molecule has 0 aliphatic carbocycles. The summed E-state index contributed by atoms with van der Waals surface area (Å²) in [6.45, 7) is 5.52. The molecule has 134 valence electrons. The van der Waals surface area contributed by atoms with Gasteiger partial charge in [0.25, 0.3) is 0 Å². The smallest absolute Gasteiger partial charge is 0.0986 e. The lowest BCUT2D eigenvalue weighted by Gasteiger charge is -2.35. The Morgan fingerprint density at radius 1 is 0.960 bits per heavy atom. The van der Waals surface area contributed by atoms with Crippen LogP contribution in [0.3, 0.4) is 0 Å². The number of hydrogen-bond donors (Lipinski definition) is 1. The second kappa shape index (κ2) is 9.11. The number of nitrogens with zero attached hydrogens (tertiary/aromatic N) is 2. The summed E-state index contributed by atoms with van der Waals surface area (Å²) < 4.78 is 5.42. The van der Waals surface area contributed by atoms with Gasteiger partial charge in [-0.05, 0) is 18.2 Å². The summed E-state index contributed by atoms with van der Waals surface area (Å²) in [6.07, 6.45) is -0.557. The van der Waals surface area contributed by atoms with Crippen LogP contribution in [-0.2, 0) is 4.74 Å². The van der Waals surface area contributed by atoms with Gasteiger partial charge in [0, 0.05) is 26.2 Å². The van der Waals surface area contributed by atoms with Gasteiger partial charge in [-0.3, -0.25) is 9.80 Å². The molecule has 0 saturated carbocycles. The van der Waals surface area contributed by atoms with Gasteiger partial charge in [-0.1, -0.05) is 60.7 Å². The largest absolute Gasteiger partial charge is 0.386 e. The molecule has 1 aliphatic rings. The molecule has 1 aliphatic heterocycles. The second-order valence-corrected chi connectivity index (χ2v) is 6.65. The summed E-state index contributed by atoms with van der Waals surface area (Å²) in [5, 5.41) is 11.1. The Balaban J connectivity index is 1.73. The highest BCUT2D eigenvalue weighted by Gasteiger charge is 2.27. The quantitative estimate of drug-likeness (QED) is 0.841. The molecule has 0 bridgehead atoms. The lowest BCUT2D eigenvalue weighted by molar-refractivity contribution is 0.0218. The van der Waals surface area contributed by atoms with Crippen molar-refractivity contribution in [3.8, 4) is 0 Å². The summed E-state index contributed by atoms with van der Waals surface area (Å²) in [6, 6.07) is 20.2. The second-order valence-electron chi connectivity index (χ2n) is 6.65. The van der Waals surface area contributed by atoms with Crippen LogP contribution in [0.4, 0.5) is 0 Å². The zero-order valence-electron chi connectivity index (χ0n) is 14.9. The molecule has 2 aromatic rings. The van der Waals surface area contributed by atoms with Crippen LogP contribution in [0, 0.1) is 0 Å². The van der Waals surface area contributed by atoms with Crippen molar-refractivity contribution in [2.45, 2.75) is 12.1 Å². The van der Waals surface area contributed by atoms with Crippen LogP contribution < -0.4 is 0 Å². The van der Waals surface area contributed by atoms with Crippen molar-refractivity contribution < 1.29 is 9.84 Å². The Morgan fingerprint density at radius 2 is 1.52 bits per heavy atom. The van der Waals surface area contributed by atoms with E-state index in [1.807, 2.05) is 48.5 Å². The maximum Gasteiger partial charge on any atom is 0.0986 e. The number of morpholine rings is 1. The first-order chi connectivity index (χ1) is 12.3. The van der Waals surface area contributed by atoms with Crippen molar-refractivity contribution in [3.05, 3.63) is 71.8 Å². The van der Waals surface area contributed by atoms with Crippen LogP contribution in [0.15, 0.2) is 60.7 Å². The van der Waals surface area contributed by atoms with Crippen molar-refractivity contribution in [3.63, 3.8) is 0 Å². The van der Waals surface area contributed by atoms with Crippen LogP contribution in [0.1, 0.15) is 23.3 Å². The molecule has 1 heterocycles. The van der Waals surface area contributed by atoms with E-state index in [-0.39, 0.29) is 6.04 Å². The molecule has 0 amide bonds. The summed E-state index contributed by atoms with van der Waals surface area (Å²) in [5.41, 5.74) is 2.10. The molecule has 1 N–H and O–H groups in total. The van der Waals surface area contributed by atoms with Crippen LogP contribution >= 0.6 is 0 Å². The van der Waals surface area contributed by atoms with Crippen LogP contribution in [0.5, 0.6) is 0 Å². The number of hydrogen-bond acceptors (Lipinski definition) is 4. The fourth-order valence-electron chi connectivity index (χ4n) is 3.42. The van der Waals surface area contributed by atoms with E-state index in [9.17, 15) is 5.11 Å². The number of benzene rings is 2. The van der Waals surface area contributed by atoms with Gasteiger partial charge in [0.15, 0.2) is 0 Å². The van der Waals surface area contributed by atoms with Crippen molar-refractivity contribution >= 4 is 0 Å². The third-order valence-corrected chi connectivity index (χ3v) is 4.93. The van der Waals surface area contributed by atoms with Gasteiger partial charge in [0.2, 0.25) is 0 Å². The first kappa shape index (κ1) is 18.1. The Morgan fingerprint density at radius 3 is 2.12 bits per heavy atom. The molecular weight excluding hydrogens is 312 g/mol. The predicted molar refractivity (Wildman–Crippen MR) is 100 cm³/mol. The molecule has 1 saturated heterocycles. The molecular formula is C21H28N2O2. The van der Waals surface area contributed by atoms with Gasteiger partial charge in [-0.2, -0.15) is 0 Å². The minimum absolute atomic E-state index is 0.0651. The Labute approximate surface area is 150 Å². The number of aliphatic hydroxyl groups excluding tert-OH is 1. The van der Waals surface area contributed by atoms with E-state index >= 15 is 0 Å².